The van der Waals surface area contributed by atoms with Crippen molar-refractivity contribution in [1.82, 2.24) is 4.98 Å². The smallest absolute Gasteiger partial charge is 0.271 e. The van der Waals surface area contributed by atoms with E-state index in [2.05, 4.69) is 15.6 Å². The topological polar surface area (TPSA) is 97.2 Å². The van der Waals surface area contributed by atoms with Crippen molar-refractivity contribution in [3.8, 4) is 11.3 Å². The molecule has 2 N–H and O–H groups in total. The lowest BCUT2D eigenvalue weighted by Gasteiger charge is -2.05. The Morgan fingerprint density at radius 1 is 1.16 bits per heavy atom. The summed E-state index contributed by atoms with van der Waals surface area (Å²) in [4.78, 5) is 26.6. The van der Waals surface area contributed by atoms with Crippen LogP contribution in [0.2, 0.25) is 0 Å². The number of carbonyl (C=O) groups excluding carboxylic acids is 1. The van der Waals surface area contributed by atoms with E-state index < -0.39 is 4.92 Å². The maximum atomic E-state index is 12.0. The number of nitrogens with zero attached hydrogens (tertiary/aromatic N) is 2. The first-order valence-electron chi connectivity index (χ1n) is 7.41. The third kappa shape index (κ3) is 4.39. The molecule has 0 fully saturated rings. The van der Waals surface area contributed by atoms with E-state index in [0.29, 0.717) is 10.8 Å². The summed E-state index contributed by atoms with van der Waals surface area (Å²) in [5.74, 6) is -0.308. The molecule has 3 aromatic rings. The number of amides is 1. The van der Waals surface area contributed by atoms with Gasteiger partial charge < -0.3 is 10.6 Å². The number of hydrogen-bond acceptors (Lipinski definition) is 6. The minimum atomic E-state index is -0.505. The highest BCUT2D eigenvalue weighted by atomic mass is 32.1. The molecule has 0 aliphatic rings. The summed E-state index contributed by atoms with van der Waals surface area (Å²) < 4.78 is 0. The van der Waals surface area contributed by atoms with Crippen LogP contribution in [0.25, 0.3) is 11.3 Å². The molecule has 0 saturated heterocycles. The van der Waals surface area contributed by atoms with Crippen LogP contribution in [0.1, 0.15) is 0 Å². The van der Waals surface area contributed by atoms with Crippen molar-refractivity contribution in [2.24, 2.45) is 0 Å². The minimum absolute atomic E-state index is 0.0183. The van der Waals surface area contributed by atoms with Crippen molar-refractivity contribution in [2.75, 3.05) is 17.2 Å². The molecule has 0 radical (unpaired) electrons. The van der Waals surface area contributed by atoms with Gasteiger partial charge in [0, 0.05) is 28.8 Å². The second-order valence-electron chi connectivity index (χ2n) is 5.11. The first-order chi connectivity index (χ1) is 12.1. The Bertz CT molecular complexity index is 896. The Balaban J connectivity index is 1.57. The highest BCUT2D eigenvalue weighted by Gasteiger charge is 2.09. The van der Waals surface area contributed by atoms with Gasteiger partial charge in [0.15, 0.2) is 5.13 Å². The maximum absolute atomic E-state index is 12.0. The van der Waals surface area contributed by atoms with Crippen LogP contribution in [0.15, 0.2) is 60.0 Å². The van der Waals surface area contributed by atoms with Crippen LogP contribution in [0.4, 0.5) is 16.5 Å². The fraction of sp³-hybridized carbons (Fsp3) is 0.0588. The van der Waals surface area contributed by atoms with Gasteiger partial charge in [-0.2, -0.15) is 0 Å². The van der Waals surface area contributed by atoms with E-state index in [0.717, 1.165) is 11.3 Å². The molecular weight excluding hydrogens is 340 g/mol. The van der Waals surface area contributed by atoms with Gasteiger partial charge in [0.1, 0.15) is 0 Å². The van der Waals surface area contributed by atoms with Gasteiger partial charge in [-0.3, -0.25) is 14.9 Å². The summed E-state index contributed by atoms with van der Waals surface area (Å²) in [6.45, 7) is 0.0183. The number of benzene rings is 2. The summed E-state index contributed by atoms with van der Waals surface area (Å²) in [5, 5.41) is 18.9. The number of rotatable bonds is 6. The lowest BCUT2D eigenvalue weighted by molar-refractivity contribution is -0.384. The highest BCUT2D eigenvalue weighted by molar-refractivity contribution is 7.14. The third-order valence-electron chi connectivity index (χ3n) is 3.31. The molecule has 1 amide bonds. The molecule has 7 nitrogen and oxygen atoms in total. The molecule has 8 heteroatoms. The Labute approximate surface area is 147 Å². The van der Waals surface area contributed by atoms with Gasteiger partial charge in [0.2, 0.25) is 5.91 Å². The van der Waals surface area contributed by atoms with Crippen LogP contribution in [0.3, 0.4) is 0 Å². The SMILES string of the molecule is O=C(CNc1nc(-c2ccccc2)cs1)Nc1cccc([N+](=O)[O-])c1. The summed E-state index contributed by atoms with van der Waals surface area (Å²) >= 11 is 1.41. The van der Waals surface area contributed by atoms with E-state index in [1.165, 1.54) is 29.5 Å². The molecule has 0 saturated carbocycles. The summed E-state index contributed by atoms with van der Waals surface area (Å²) in [7, 11) is 0. The van der Waals surface area contributed by atoms with Crippen LogP contribution >= 0.6 is 11.3 Å². The first kappa shape index (κ1) is 16.6. The number of nitro benzene ring substituents is 1. The molecule has 0 spiro atoms. The lowest BCUT2D eigenvalue weighted by atomic mass is 10.2. The number of thiazole rings is 1. The number of hydrogen-bond donors (Lipinski definition) is 2. The molecule has 1 aromatic heterocycles. The van der Waals surface area contributed by atoms with Gasteiger partial charge in [-0.15, -0.1) is 11.3 Å². The minimum Gasteiger partial charge on any atom is -0.352 e. The van der Waals surface area contributed by atoms with Crippen molar-refractivity contribution in [1.29, 1.82) is 0 Å². The third-order valence-corrected chi connectivity index (χ3v) is 4.11. The Morgan fingerprint density at radius 2 is 1.96 bits per heavy atom. The zero-order chi connectivity index (χ0) is 17.6. The molecule has 0 aliphatic carbocycles. The molecular formula is C17H14N4O3S. The monoisotopic (exact) mass is 354 g/mol. The predicted molar refractivity (Wildman–Crippen MR) is 97.8 cm³/mol. The first-order valence-corrected chi connectivity index (χ1v) is 8.29. The Morgan fingerprint density at radius 3 is 2.72 bits per heavy atom. The average Bonchev–Trinajstić information content (AvgIpc) is 3.10. The van der Waals surface area contributed by atoms with Gasteiger partial charge >= 0.3 is 0 Å². The fourth-order valence-electron chi connectivity index (χ4n) is 2.15. The van der Waals surface area contributed by atoms with Crippen molar-refractivity contribution < 1.29 is 9.72 Å². The number of non-ortho nitro benzene ring substituents is 1. The van der Waals surface area contributed by atoms with Crippen molar-refractivity contribution in [3.05, 3.63) is 70.1 Å². The molecule has 3 rings (SSSR count). The Kier molecular flexibility index (Phi) is 5.00. The van der Waals surface area contributed by atoms with E-state index in [1.807, 2.05) is 35.7 Å². The second kappa shape index (κ2) is 7.54. The molecule has 126 valence electrons. The van der Waals surface area contributed by atoms with Crippen molar-refractivity contribution in [2.45, 2.75) is 0 Å². The van der Waals surface area contributed by atoms with Gasteiger partial charge in [0.25, 0.3) is 5.69 Å². The van der Waals surface area contributed by atoms with E-state index in [1.54, 1.807) is 6.07 Å². The van der Waals surface area contributed by atoms with Crippen LogP contribution in [0, 0.1) is 10.1 Å². The molecule has 0 aliphatic heterocycles. The molecule has 25 heavy (non-hydrogen) atoms. The van der Waals surface area contributed by atoms with E-state index in [9.17, 15) is 14.9 Å². The van der Waals surface area contributed by atoms with Gasteiger partial charge in [-0.05, 0) is 6.07 Å². The quantitative estimate of drug-likeness (QED) is 0.519. The van der Waals surface area contributed by atoms with Crippen LogP contribution < -0.4 is 10.6 Å². The molecule has 1 heterocycles. The van der Waals surface area contributed by atoms with Crippen LogP contribution in [-0.4, -0.2) is 22.4 Å². The zero-order valence-electron chi connectivity index (χ0n) is 13.0. The van der Waals surface area contributed by atoms with Gasteiger partial charge in [-0.25, -0.2) is 4.98 Å². The maximum Gasteiger partial charge on any atom is 0.271 e. The van der Waals surface area contributed by atoms with Gasteiger partial charge in [-0.1, -0.05) is 36.4 Å². The zero-order valence-corrected chi connectivity index (χ0v) is 13.8. The standard InChI is InChI=1S/C17H14N4O3S/c22-16(19-13-7-4-8-14(9-13)21(23)24)10-18-17-20-15(11-25-17)12-5-2-1-3-6-12/h1-9,11H,10H2,(H,18,20)(H,19,22). The van der Waals surface area contributed by atoms with Crippen molar-refractivity contribution >= 4 is 33.8 Å². The number of carbonyl (C=O) groups is 1. The van der Waals surface area contributed by atoms with Gasteiger partial charge in [0.05, 0.1) is 17.2 Å². The number of nitro groups is 1. The number of anilines is 2. The highest BCUT2D eigenvalue weighted by Crippen LogP contribution is 2.24. The fourth-order valence-corrected chi connectivity index (χ4v) is 2.87. The molecule has 2 aromatic carbocycles. The summed E-state index contributed by atoms with van der Waals surface area (Å²) in [6, 6.07) is 15.6. The van der Waals surface area contributed by atoms with Crippen LogP contribution in [0.5, 0.6) is 0 Å². The van der Waals surface area contributed by atoms with E-state index in [4.69, 9.17) is 0 Å². The number of nitrogens with one attached hydrogen (secondary N) is 2. The Hall–Kier alpha value is -3.26. The molecule has 0 unspecified atom stereocenters. The van der Waals surface area contributed by atoms with E-state index >= 15 is 0 Å². The average molecular weight is 354 g/mol. The summed E-state index contributed by atoms with van der Waals surface area (Å²) in [5.41, 5.74) is 2.16. The number of aromatic nitrogens is 1. The molecule has 0 atom stereocenters. The van der Waals surface area contributed by atoms with Crippen molar-refractivity contribution in [3.63, 3.8) is 0 Å². The summed E-state index contributed by atoms with van der Waals surface area (Å²) in [6.07, 6.45) is 0. The normalized spacial score (nSPS) is 10.2. The largest absolute Gasteiger partial charge is 0.352 e. The second-order valence-corrected chi connectivity index (χ2v) is 5.97. The molecule has 0 bridgehead atoms. The predicted octanol–water partition coefficient (Wildman–Crippen LogP) is 3.77. The lowest BCUT2D eigenvalue weighted by Crippen LogP contribution is -2.21. The van der Waals surface area contributed by atoms with Crippen LogP contribution in [-0.2, 0) is 4.79 Å². The van der Waals surface area contributed by atoms with E-state index in [-0.39, 0.29) is 18.1 Å².